The molecule has 0 saturated carbocycles. The van der Waals surface area contributed by atoms with E-state index in [0.29, 0.717) is 0 Å². The number of hydrogen-bond acceptors (Lipinski definition) is 30. The summed E-state index contributed by atoms with van der Waals surface area (Å²) in [5, 5.41) is 133. The molecule has 8 heterocycles. The van der Waals surface area contributed by atoms with Gasteiger partial charge in [0.05, 0.1) is 38.0 Å². The Bertz CT molecular complexity index is 4090. The van der Waals surface area contributed by atoms with Gasteiger partial charge in [-0.3, -0.25) is 38.4 Å². The molecule has 0 amide bonds. The molecule has 94 heavy (non-hydrogen) atoms. The predicted octanol–water partition coefficient (Wildman–Crippen LogP) is 1.04. The summed E-state index contributed by atoms with van der Waals surface area (Å²) in [4.78, 5) is 139. The van der Waals surface area contributed by atoms with Gasteiger partial charge in [-0.2, -0.15) is 0 Å². The first-order chi connectivity index (χ1) is 44.3. The monoisotopic (exact) mass is 1310 g/mol. The third-order valence-corrected chi connectivity index (χ3v) is 14.8. The largest absolute Gasteiger partial charge is 0.508 e. The number of carboxylic acid groups (broad SMARTS) is 4. The molecular formula is C60H48O34. The van der Waals surface area contributed by atoms with E-state index < -0.39 is 180 Å². The van der Waals surface area contributed by atoms with E-state index in [9.17, 15) is 109 Å². The van der Waals surface area contributed by atoms with Crippen LogP contribution < -0.4 is 18.9 Å². The van der Waals surface area contributed by atoms with Gasteiger partial charge < -0.3 is 109 Å². The normalized spacial score (nSPS) is 24.2. The van der Waals surface area contributed by atoms with Crippen LogP contribution in [0.5, 0.6) is 69.0 Å². The minimum Gasteiger partial charge on any atom is -0.508 e. The number of rotatable bonds is 12. The molecule has 12 rings (SSSR count). The van der Waals surface area contributed by atoms with Crippen molar-refractivity contribution in [3.05, 3.63) is 117 Å². The van der Waals surface area contributed by atoms with Crippen LogP contribution in [-0.4, -0.2) is 198 Å². The van der Waals surface area contributed by atoms with E-state index in [1.54, 1.807) is 0 Å². The van der Waals surface area contributed by atoms with Gasteiger partial charge in [0.15, 0.2) is 29.6 Å². The molecule has 0 aliphatic carbocycles. The van der Waals surface area contributed by atoms with Crippen molar-refractivity contribution < 1.29 is 167 Å². The van der Waals surface area contributed by atoms with Crippen LogP contribution in [0.2, 0.25) is 0 Å². The zero-order valence-corrected chi connectivity index (χ0v) is 47.4. The van der Waals surface area contributed by atoms with E-state index >= 15 is 0 Å². The molecule has 34 heteroatoms. The quantitative estimate of drug-likeness (QED) is 0.0696. The molecule has 8 aliphatic heterocycles. The smallest absolute Gasteiger partial charge is 0.331 e. The number of ketones is 4. The van der Waals surface area contributed by atoms with Gasteiger partial charge in [0.25, 0.3) is 0 Å². The molecule has 4 aromatic carbocycles. The minimum absolute atomic E-state index is 0.00303. The molecule has 8 aliphatic rings. The van der Waals surface area contributed by atoms with Crippen LogP contribution in [-0.2, 0) is 57.3 Å². The number of cyclic esters (lactones) is 4. The number of benzene rings is 4. The van der Waals surface area contributed by atoms with Gasteiger partial charge in [0.1, 0.15) is 134 Å². The molecule has 4 aromatic rings. The lowest BCUT2D eigenvalue weighted by atomic mass is 9.84. The number of aliphatic carboxylic acids is 4. The van der Waals surface area contributed by atoms with E-state index in [2.05, 4.69) is 0 Å². The Balaban J connectivity index is 0.000000148. The first kappa shape index (κ1) is 66.2. The second kappa shape index (κ2) is 26.3. The fourth-order valence-corrected chi connectivity index (χ4v) is 11.0. The van der Waals surface area contributed by atoms with E-state index in [1.165, 1.54) is 12.1 Å². The zero-order valence-electron chi connectivity index (χ0n) is 47.4. The summed E-state index contributed by atoms with van der Waals surface area (Å²) in [5.41, 5.74) is -0.350. The number of fused-ring (bicyclic) bond motifs is 4. The van der Waals surface area contributed by atoms with Gasteiger partial charge in [0.2, 0.25) is 12.1 Å². The topological polar surface area (TPSA) is 562 Å². The van der Waals surface area contributed by atoms with E-state index in [4.69, 9.17) is 58.3 Å². The summed E-state index contributed by atoms with van der Waals surface area (Å²) in [5.74, 6) is -16.6. The number of carbonyl (C=O) groups excluding carboxylic acids is 8. The Kier molecular flexibility index (Phi) is 18.5. The van der Waals surface area contributed by atoms with Crippen LogP contribution in [0.4, 0.5) is 0 Å². The van der Waals surface area contributed by atoms with Gasteiger partial charge >= 0.3 is 47.8 Å². The molecule has 14 N–H and O–H groups in total. The SMILES string of the molecule is O=C(O)CC1OC(=O)C=C1C1C(=O)c2c(O)cc(O)cc2OC1O.O=C(O)CC1OC(=O)C=C1C1CC(=O)c2c(O)cc(O)cc2O1.O=C(O)CC1OC(=O)C=C1C1COc2cc(O)cc(O)c2C1=O.O=C(O)CC1OC(=O)C=C1C1Oc2cc(O)cc(O)c2C(=O)C1O. The number of phenolic OH excluding ortho intramolecular Hbond substituents is 8. The number of aliphatic hydroxyl groups is 2. The van der Waals surface area contributed by atoms with Crippen molar-refractivity contribution in [2.45, 2.75) is 81.1 Å². The zero-order chi connectivity index (χ0) is 68.6. The fourth-order valence-electron chi connectivity index (χ4n) is 11.0. The lowest BCUT2D eigenvalue weighted by Crippen LogP contribution is -2.45. The van der Waals surface area contributed by atoms with E-state index in [1.807, 2.05) is 0 Å². The summed E-state index contributed by atoms with van der Waals surface area (Å²) in [6, 6.07) is 8.35. The molecule has 0 saturated heterocycles. The first-order valence-electron chi connectivity index (χ1n) is 27.2. The summed E-state index contributed by atoms with van der Waals surface area (Å²) >= 11 is 0. The highest BCUT2D eigenvalue weighted by molar-refractivity contribution is 6.09. The Morgan fingerprint density at radius 3 is 1.23 bits per heavy atom. The van der Waals surface area contributed by atoms with Crippen LogP contribution in [0.1, 0.15) is 73.5 Å². The minimum atomic E-state index is -1.77. The third kappa shape index (κ3) is 13.9. The number of Topliss-reactive ketones (excluding diaryl/α,β-unsaturated/α-hetero) is 4. The molecule has 0 spiro atoms. The van der Waals surface area contributed by atoms with Crippen LogP contribution in [0.25, 0.3) is 0 Å². The number of hydrogen-bond donors (Lipinski definition) is 14. The number of ether oxygens (including phenoxy) is 8. The third-order valence-electron chi connectivity index (χ3n) is 14.8. The van der Waals surface area contributed by atoms with Crippen molar-refractivity contribution >= 4 is 70.9 Å². The van der Waals surface area contributed by atoms with Gasteiger partial charge in [-0.15, -0.1) is 0 Å². The summed E-state index contributed by atoms with van der Waals surface area (Å²) < 4.78 is 41.0. The van der Waals surface area contributed by atoms with Crippen LogP contribution in [0.15, 0.2) is 95.1 Å². The molecule has 0 fully saturated rings. The van der Waals surface area contributed by atoms with E-state index in [-0.39, 0.29) is 104 Å². The van der Waals surface area contributed by atoms with Gasteiger partial charge in [-0.05, 0) is 11.1 Å². The lowest BCUT2D eigenvalue weighted by Gasteiger charge is -2.31. The number of esters is 4. The molecule has 10 unspecified atom stereocenters. The molecule has 34 nitrogen and oxygen atoms in total. The average Bonchev–Trinajstić information content (AvgIpc) is 1.21. The Morgan fingerprint density at radius 2 is 0.755 bits per heavy atom. The van der Waals surface area contributed by atoms with Gasteiger partial charge in [0, 0.05) is 84.0 Å². The van der Waals surface area contributed by atoms with Crippen LogP contribution >= 0.6 is 0 Å². The molecule has 0 radical (unpaired) electrons. The Labute approximate surface area is 522 Å². The van der Waals surface area contributed by atoms with E-state index in [0.717, 1.165) is 60.7 Å². The maximum Gasteiger partial charge on any atom is 0.331 e. The molecule has 0 bridgehead atoms. The number of carbonyl (C=O) groups is 12. The Morgan fingerprint density at radius 1 is 0.394 bits per heavy atom. The van der Waals surface area contributed by atoms with Crippen molar-refractivity contribution in [1.82, 2.24) is 0 Å². The van der Waals surface area contributed by atoms with Crippen molar-refractivity contribution in [1.29, 1.82) is 0 Å². The summed E-state index contributed by atoms with van der Waals surface area (Å²) in [6.07, 6.45) is -8.36. The number of carboxylic acids is 4. The first-order valence-corrected chi connectivity index (χ1v) is 27.2. The highest BCUT2D eigenvalue weighted by atomic mass is 16.6. The summed E-state index contributed by atoms with van der Waals surface area (Å²) in [6.45, 7) is -0.146. The lowest BCUT2D eigenvalue weighted by molar-refractivity contribution is -0.146. The second-order valence-electron chi connectivity index (χ2n) is 21.2. The van der Waals surface area contributed by atoms with Crippen molar-refractivity contribution in [2.24, 2.45) is 11.8 Å². The van der Waals surface area contributed by atoms with Crippen molar-refractivity contribution in [3.63, 3.8) is 0 Å². The molecule has 0 aromatic heterocycles. The van der Waals surface area contributed by atoms with Crippen LogP contribution in [0, 0.1) is 11.8 Å². The Hall–Kier alpha value is -12.2. The van der Waals surface area contributed by atoms with Gasteiger partial charge in [-0.1, -0.05) is 0 Å². The number of aliphatic hydroxyl groups excluding tert-OH is 2. The standard InChI is InChI=1S/2C15H12O9.2C15H12O8/c16-5-1-7(17)12-9(2-5)24-15(14(22)13(12)21)6-3-11(20)23-8(6)4-10(18)19;16-5-1-7(17)13-9(2-5)24-15(22)12(14(13)21)6-3-11(20)23-8(6)4-10(18)19;16-6-1-9(17)14-11(2-6)22-5-8(15(14)21)7-3-13(20)23-10(7)4-12(18)19;16-6-1-8(17)15-9(18)4-10(22-12(15)2-6)7-3-14(21)23-11(7)5-13(19)20/h1-3,8,14-17,22H,4H2,(H,18,19);1-3,8,12,15-17,22H,4H2,(H,18,19);1-3,8,10,16-17H,4-5H2,(H,18,19);1-3,10-11,16-17H,4-5H2,(H,19,20). The maximum absolute atomic E-state index is 12.6. The predicted molar refractivity (Wildman–Crippen MR) is 296 cm³/mol. The highest BCUT2D eigenvalue weighted by Gasteiger charge is 2.49. The number of phenols is 8. The molecule has 492 valence electrons. The summed E-state index contributed by atoms with van der Waals surface area (Å²) in [7, 11) is 0. The van der Waals surface area contributed by atoms with Gasteiger partial charge in [-0.25, -0.2) is 19.2 Å². The fraction of sp³-hybridized carbons (Fsp3) is 0.267. The van der Waals surface area contributed by atoms with Crippen LogP contribution in [0.3, 0.4) is 0 Å². The molecule has 10 atom stereocenters. The average molecular weight is 1310 g/mol. The number of aromatic hydroxyl groups is 8. The highest BCUT2D eigenvalue weighted by Crippen LogP contribution is 2.46. The maximum atomic E-state index is 12.6. The van der Waals surface area contributed by atoms with Crippen molar-refractivity contribution in [2.75, 3.05) is 6.61 Å². The van der Waals surface area contributed by atoms with Crippen molar-refractivity contribution in [3.8, 4) is 69.0 Å². The second-order valence-corrected chi connectivity index (χ2v) is 21.2. The molecular weight excluding hydrogens is 1260 g/mol.